The van der Waals surface area contributed by atoms with Crippen molar-refractivity contribution >= 4 is 11.6 Å². The molecule has 2 heterocycles. The van der Waals surface area contributed by atoms with Crippen molar-refractivity contribution < 1.29 is 4.79 Å². The summed E-state index contributed by atoms with van der Waals surface area (Å²) in [5, 5.41) is 12.1. The molecule has 118 valence electrons. The van der Waals surface area contributed by atoms with E-state index in [4.69, 9.17) is 5.26 Å². The summed E-state index contributed by atoms with van der Waals surface area (Å²) in [6.45, 7) is 3.05. The van der Waals surface area contributed by atoms with Crippen molar-refractivity contribution in [3.8, 4) is 6.07 Å². The van der Waals surface area contributed by atoms with Crippen molar-refractivity contribution in [3.63, 3.8) is 0 Å². The molecule has 1 aliphatic heterocycles. The highest BCUT2D eigenvalue weighted by molar-refractivity contribution is 5.73. The average Bonchev–Trinajstić information content (AvgIpc) is 2.86. The Bertz CT molecular complexity index is 772. The lowest BCUT2D eigenvalue weighted by Gasteiger charge is -2.36. The van der Waals surface area contributed by atoms with Gasteiger partial charge in [-0.25, -0.2) is 0 Å². The Kier molecular flexibility index (Phi) is 4.07. The smallest absolute Gasteiger partial charge is 0.217 e. The highest BCUT2D eigenvalue weighted by Crippen LogP contribution is 2.28. The fourth-order valence-corrected chi connectivity index (χ4v) is 3.27. The number of nitrogens with zero attached hydrogens (tertiary/aromatic N) is 3. The number of nitrogens with one attached hydrogen (secondary N) is 1. The van der Waals surface area contributed by atoms with Crippen molar-refractivity contribution in [2.75, 3.05) is 11.4 Å². The van der Waals surface area contributed by atoms with Crippen LogP contribution in [0.2, 0.25) is 0 Å². The van der Waals surface area contributed by atoms with E-state index in [0.29, 0.717) is 5.69 Å². The minimum absolute atomic E-state index is 0.000749. The largest absolute Gasteiger partial charge is 0.365 e. The van der Waals surface area contributed by atoms with Crippen molar-refractivity contribution in [1.29, 1.82) is 5.26 Å². The number of para-hydroxylation sites is 1. The fraction of sp³-hybridized carbons (Fsp3) is 0.333. The minimum Gasteiger partial charge on any atom is -0.365 e. The second-order valence-corrected chi connectivity index (χ2v) is 6.07. The van der Waals surface area contributed by atoms with Crippen LogP contribution in [-0.2, 0) is 24.8 Å². The highest BCUT2D eigenvalue weighted by atomic mass is 16.1. The van der Waals surface area contributed by atoms with E-state index in [2.05, 4.69) is 28.4 Å². The van der Waals surface area contributed by atoms with Gasteiger partial charge in [-0.05, 0) is 29.7 Å². The second kappa shape index (κ2) is 6.17. The molecule has 1 unspecified atom stereocenters. The van der Waals surface area contributed by atoms with Crippen LogP contribution in [0.3, 0.4) is 0 Å². The molecule has 0 saturated heterocycles. The number of aryl methyl sites for hydroxylation is 1. The molecule has 0 radical (unpaired) electrons. The predicted octanol–water partition coefficient (Wildman–Crippen LogP) is 1.96. The Morgan fingerprint density at radius 2 is 2.22 bits per heavy atom. The predicted molar refractivity (Wildman–Crippen MR) is 88.9 cm³/mol. The second-order valence-electron chi connectivity index (χ2n) is 6.07. The van der Waals surface area contributed by atoms with Crippen LogP contribution in [0.5, 0.6) is 0 Å². The van der Waals surface area contributed by atoms with E-state index in [0.717, 1.165) is 25.1 Å². The van der Waals surface area contributed by atoms with Crippen LogP contribution in [0.4, 0.5) is 5.69 Å². The monoisotopic (exact) mass is 308 g/mol. The first-order valence-corrected chi connectivity index (χ1v) is 7.72. The molecule has 1 amide bonds. The summed E-state index contributed by atoms with van der Waals surface area (Å²) in [6, 6.07) is 12.5. The average molecular weight is 308 g/mol. The molecule has 5 nitrogen and oxygen atoms in total. The van der Waals surface area contributed by atoms with E-state index < -0.39 is 0 Å². The Hall–Kier alpha value is -2.74. The Labute approximate surface area is 136 Å². The Balaban J connectivity index is 1.87. The molecule has 0 spiro atoms. The van der Waals surface area contributed by atoms with Gasteiger partial charge in [-0.1, -0.05) is 18.2 Å². The van der Waals surface area contributed by atoms with Crippen LogP contribution in [0.1, 0.15) is 23.7 Å². The molecule has 1 aromatic heterocycles. The van der Waals surface area contributed by atoms with Crippen molar-refractivity contribution in [3.05, 3.63) is 53.3 Å². The molecular weight excluding hydrogens is 288 g/mol. The molecule has 23 heavy (non-hydrogen) atoms. The molecule has 1 aromatic carbocycles. The van der Waals surface area contributed by atoms with Crippen LogP contribution >= 0.6 is 0 Å². The zero-order valence-corrected chi connectivity index (χ0v) is 13.4. The minimum atomic E-state index is 0.000749. The van der Waals surface area contributed by atoms with Gasteiger partial charge in [-0.2, -0.15) is 5.26 Å². The van der Waals surface area contributed by atoms with Crippen LogP contribution in [0.25, 0.3) is 0 Å². The molecule has 0 saturated carbocycles. The third-order valence-corrected chi connectivity index (χ3v) is 4.20. The first-order valence-electron chi connectivity index (χ1n) is 7.72. The van der Waals surface area contributed by atoms with Gasteiger partial charge in [0.25, 0.3) is 0 Å². The number of aromatic nitrogens is 1. The first-order chi connectivity index (χ1) is 11.1. The van der Waals surface area contributed by atoms with E-state index >= 15 is 0 Å². The Morgan fingerprint density at radius 1 is 1.43 bits per heavy atom. The van der Waals surface area contributed by atoms with Crippen LogP contribution in [-0.4, -0.2) is 23.1 Å². The van der Waals surface area contributed by atoms with E-state index in [1.165, 1.54) is 11.3 Å². The van der Waals surface area contributed by atoms with Gasteiger partial charge >= 0.3 is 0 Å². The zero-order chi connectivity index (χ0) is 16.4. The third kappa shape index (κ3) is 3.21. The van der Waals surface area contributed by atoms with Crippen molar-refractivity contribution in [2.45, 2.75) is 25.9 Å². The number of nitriles is 1. The quantitative estimate of drug-likeness (QED) is 0.943. The number of carbonyl (C=O) groups excluding carboxylic acids is 1. The zero-order valence-electron chi connectivity index (χ0n) is 13.4. The van der Waals surface area contributed by atoms with Gasteiger partial charge < -0.3 is 14.8 Å². The summed E-state index contributed by atoms with van der Waals surface area (Å²) in [4.78, 5) is 13.7. The topological polar surface area (TPSA) is 61.1 Å². The van der Waals surface area contributed by atoms with Crippen LogP contribution < -0.4 is 10.2 Å². The fourth-order valence-electron chi connectivity index (χ4n) is 3.27. The number of benzene rings is 1. The van der Waals surface area contributed by atoms with E-state index in [-0.39, 0.29) is 11.9 Å². The van der Waals surface area contributed by atoms with Gasteiger partial charge in [0.05, 0.1) is 6.04 Å². The number of fused-ring (bicyclic) bond motifs is 1. The number of carbonyl (C=O) groups is 1. The molecule has 1 N–H and O–H groups in total. The third-order valence-electron chi connectivity index (χ3n) is 4.20. The lowest BCUT2D eigenvalue weighted by atomic mass is 9.97. The number of anilines is 1. The maximum atomic E-state index is 11.4. The van der Waals surface area contributed by atoms with Crippen LogP contribution in [0.15, 0.2) is 36.5 Å². The van der Waals surface area contributed by atoms with Gasteiger partial charge in [-0.15, -0.1) is 0 Å². The molecular formula is C18H20N4O. The Morgan fingerprint density at radius 3 is 2.91 bits per heavy atom. The first kappa shape index (κ1) is 15.2. The van der Waals surface area contributed by atoms with Crippen molar-refractivity contribution in [1.82, 2.24) is 9.88 Å². The lowest BCUT2D eigenvalue weighted by molar-refractivity contribution is -0.119. The molecule has 0 fully saturated rings. The summed E-state index contributed by atoms with van der Waals surface area (Å²) >= 11 is 0. The molecule has 1 atom stereocenters. The molecule has 2 aromatic rings. The number of hydrogen-bond acceptors (Lipinski definition) is 3. The van der Waals surface area contributed by atoms with E-state index in [1.807, 2.05) is 36.0 Å². The van der Waals surface area contributed by atoms with Gasteiger partial charge in [0.15, 0.2) is 0 Å². The van der Waals surface area contributed by atoms with Gasteiger partial charge in [0.1, 0.15) is 11.8 Å². The lowest BCUT2D eigenvalue weighted by Crippen LogP contribution is -2.47. The number of rotatable bonds is 3. The summed E-state index contributed by atoms with van der Waals surface area (Å²) in [5.74, 6) is 0.000749. The maximum absolute atomic E-state index is 11.4. The number of hydrogen-bond donors (Lipinski definition) is 1. The van der Waals surface area contributed by atoms with Crippen LogP contribution in [0, 0.1) is 11.3 Å². The molecule has 0 bridgehead atoms. The van der Waals surface area contributed by atoms with Gasteiger partial charge in [-0.3, -0.25) is 4.79 Å². The summed E-state index contributed by atoms with van der Waals surface area (Å²) < 4.78 is 1.84. The van der Waals surface area contributed by atoms with E-state index in [1.54, 1.807) is 6.92 Å². The summed E-state index contributed by atoms with van der Waals surface area (Å²) in [5.41, 5.74) is 4.21. The summed E-state index contributed by atoms with van der Waals surface area (Å²) in [7, 11) is 1.88. The van der Waals surface area contributed by atoms with Gasteiger partial charge in [0, 0.05) is 38.9 Å². The molecule has 5 heteroatoms. The van der Waals surface area contributed by atoms with E-state index in [9.17, 15) is 4.79 Å². The molecule has 1 aliphatic rings. The number of amides is 1. The standard InChI is InChI=1S/C18H20N4O/c1-13(23)20-16-8-15-5-3-4-6-18(15)22(12-16)11-14-7-17(9-19)21(2)10-14/h3-7,10,16H,8,11-12H2,1-2H3,(H,20,23). The maximum Gasteiger partial charge on any atom is 0.217 e. The SMILES string of the molecule is CC(=O)NC1Cc2ccccc2N(Cc2cc(C#N)n(C)c2)C1. The summed E-state index contributed by atoms with van der Waals surface area (Å²) in [6.07, 6.45) is 2.84. The molecule has 3 rings (SSSR count). The van der Waals surface area contributed by atoms with Gasteiger partial charge in [0.2, 0.25) is 5.91 Å². The highest BCUT2D eigenvalue weighted by Gasteiger charge is 2.25. The van der Waals surface area contributed by atoms with Crippen molar-refractivity contribution in [2.24, 2.45) is 7.05 Å². The molecule has 0 aliphatic carbocycles. The normalized spacial score (nSPS) is 16.6.